The van der Waals surface area contributed by atoms with Gasteiger partial charge in [0, 0.05) is 0 Å². The zero-order valence-electron chi connectivity index (χ0n) is 17.4. The van der Waals surface area contributed by atoms with E-state index in [9.17, 15) is 4.39 Å². The van der Waals surface area contributed by atoms with Crippen LogP contribution in [0.15, 0.2) is 91.1 Å². The fourth-order valence-electron chi connectivity index (χ4n) is 3.55. The highest BCUT2D eigenvalue weighted by molar-refractivity contribution is 5.79. The Kier molecular flexibility index (Phi) is 5.21. The average molecular weight is 424 g/mol. The molecule has 0 aliphatic rings. The summed E-state index contributed by atoms with van der Waals surface area (Å²) in [6.07, 6.45) is 1.67. The highest BCUT2D eigenvalue weighted by Gasteiger charge is 2.17. The van der Waals surface area contributed by atoms with Gasteiger partial charge in [-0.25, -0.2) is 14.4 Å². The van der Waals surface area contributed by atoms with E-state index in [1.165, 1.54) is 6.07 Å². The number of imidazole rings is 1. The van der Waals surface area contributed by atoms with Crippen LogP contribution in [0.2, 0.25) is 0 Å². The first kappa shape index (κ1) is 19.7. The van der Waals surface area contributed by atoms with Crippen LogP contribution in [0.1, 0.15) is 18.5 Å². The lowest BCUT2D eigenvalue weighted by molar-refractivity contribution is 0.631. The summed E-state index contributed by atoms with van der Waals surface area (Å²) < 4.78 is 16.2. The van der Waals surface area contributed by atoms with Crippen molar-refractivity contribution in [2.75, 3.05) is 10.6 Å². The van der Waals surface area contributed by atoms with E-state index in [1.807, 2.05) is 53.1 Å². The molecule has 32 heavy (non-hydrogen) atoms. The van der Waals surface area contributed by atoms with Crippen LogP contribution >= 0.6 is 0 Å². The normalized spacial score (nSPS) is 11.9. The van der Waals surface area contributed by atoms with Gasteiger partial charge in [0.2, 0.25) is 11.9 Å². The lowest BCUT2D eigenvalue weighted by Gasteiger charge is -2.14. The second-order valence-electron chi connectivity index (χ2n) is 7.39. The summed E-state index contributed by atoms with van der Waals surface area (Å²) in [7, 11) is 0. The van der Waals surface area contributed by atoms with Crippen molar-refractivity contribution in [3.05, 3.63) is 103 Å². The number of hydrogen-bond donors (Lipinski definition) is 2. The van der Waals surface area contributed by atoms with E-state index in [4.69, 9.17) is 4.98 Å². The molecule has 1 unspecified atom stereocenters. The molecule has 1 atom stereocenters. The quantitative estimate of drug-likeness (QED) is 0.357. The molecular weight excluding hydrogens is 403 g/mol. The van der Waals surface area contributed by atoms with Gasteiger partial charge in [0.15, 0.2) is 5.65 Å². The Morgan fingerprint density at radius 3 is 2.28 bits per heavy atom. The minimum Gasteiger partial charge on any atom is -0.348 e. The summed E-state index contributed by atoms with van der Waals surface area (Å²) in [5, 5.41) is 6.46. The smallest absolute Gasteiger partial charge is 0.225 e. The molecule has 2 aromatic heterocycles. The Morgan fingerprint density at radius 2 is 1.53 bits per heavy atom. The third-order valence-electron chi connectivity index (χ3n) is 5.18. The topological polar surface area (TPSA) is 67.7 Å². The summed E-state index contributed by atoms with van der Waals surface area (Å²) in [5.41, 5.74) is 3.55. The van der Waals surface area contributed by atoms with Crippen LogP contribution in [0.5, 0.6) is 0 Å². The zero-order valence-corrected chi connectivity index (χ0v) is 17.4. The highest BCUT2D eigenvalue weighted by Crippen LogP contribution is 2.28. The molecule has 0 aliphatic carbocycles. The van der Waals surface area contributed by atoms with Gasteiger partial charge in [0.25, 0.3) is 0 Å². The van der Waals surface area contributed by atoms with Crippen molar-refractivity contribution in [2.45, 2.75) is 13.0 Å². The number of fused-ring (bicyclic) bond motifs is 1. The zero-order chi connectivity index (χ0) is 21.9. The average Bonchev–Trinajstić information content (AvgIpc) is 3.19. The van der Waals surface area contributed by atoms with E-state index in [0.717, 1.165) is 11.3 Å². The molecule has 0 aliphatic heterocycles. The molecule has 0 spiro atoms. The first-order chi connectivity index (χ1) is 15.7. The van der Waals surface area contributed by atoms with E-state index < -0.39 is 0 Å². The van der Waals surface area contributed by atoms with Crippen LogP contribution in [-0.4, -0.2) is 19.5 Å². The minimum atomic E-state index is -0.357. The molecule has 6 nitrogen and oxygen atoms in total. The highest BCUT2D eigenvalue weighted by atomic mass is 19.1. The predicted octanol–water partition coefficient (Wildman–Crippen LogP) is 5.87. The van der Waals surface area contributed by atoms with Gasteiger partial charge >= 0.3 is 0 Å². The van der Waals surface area contributed by atoms with Gasteiger partial charge in [-0.3, -0.25) is 4.57 Å². The maximum atomic E-state index is 14.3. The molecule has 0 saturated heterocycles. The second-order valence-corrected chi connectivity index (χ2v) is 7.39. The molecule has 5 rings (SSSR count). The number of hydrogen-bond acceptors (Lipinski definition) is 5. The summed E-state index contributed by atoms with van der Waals surface area (Å²) in [5.74, 6) is 0.589. The van der Waals surface area contributed by atoms with Crippen LogP contribution in [0, 0.1) is 5.82 Å². The third-order valence-corrected chi connectivity index (χ3v) is 5.18. The molecule has 7 heteroatoms. The molecule has 0 saturated carbocycles. The number of rotatable bonds is 6. The Balaban J connectivity index is 1.58. The molecule has 2 heterocycles. The number of aromatic nitrogens is 4. The first-order valence-corrected chi connectivity index (χ1v) is 10.3. The van der Waals surface area contributed by atoms with Crippen molar-refractivity contribution in [1.82, 2.24) is 19.5 Å². The van der Waals surface area contributed by atoms with Crippen molar-refractivity contribution < 1.29 is 4.39 Å². The molecule has 5 aromatic rings. The Hall–Kier alpha value is -4.26. The number of para-hydroxylation sites is 2. The van der Waals surface area contributed by atoms with E-state index in [2.05, 4.69) is 39.7 Å². The minimum absolute atomic E-state index is 0.0257. The fraction of sp³-hybridized carbons (Fsp3) is 0.0800. The third kappa shape index (κ3) is 3.88. The summed E-state index contributed by atoms with van der Waals surface area (Å²) in [6, 6.07) is 26.4. The Labute approximate surface area is 184 Å². The van der Waals surface area contributed by atoms with E-state index in [0.29, 0.717) is 28.7 Å². The molecular formula is C25H21FN6. The van der Waals surface area contributed by atoms with E-state index in [-0.39, 0.29) is 11.9 Å². The Morgan fingerprint density at radius 1 is 0.844 bits per heavy atom. The number of nitrogens with zero attached hydrogens (tertiary/aromatic N) is 4. The summed E-state index contributed by atoms with van der Waals surface area (Å²) >= 11 is 0. The van der Waals surface area contributed by atoms with Crippen molar-refractivity contribution in [2.24, 2.45) is 0 Å². The van der Waals surface area contributed by atoms with Crippen molar-refractivity contribution in [3.8, 4) is 5.69 Å². The van der Waals surface area contributed by atoms with Crippen molar-refractivity contribution >= 4 is 28.7 Å². The van der Waals surface area contributed by atoms with Gasteiger partial charge in [0.05, 0.1) is 23.6 Å². The van der Waals surface area contributed by atoms with Crippen LogP contribution in [-0.2, 0) is 0 Å². The summed E-state index contributed by atoms with van der Waals surface area (Å²) in [6.45, 7) is 2.06. The Bertz CT molecular complexity index is 1350. The summed E-state index contributed by atoms with van der Waals surface area (Å²) in [4.78, 5) is 13.8. The number of benzene rings is 3. The number of nitrogens with one attached hydrogen (secondary N) is 2. The molecule has 0 radical (unpaired) electrons. The first-order valence-electron chi connectivity index (χ1n) is 10.3. The molecule has 0 amide bonds. The maximum Gasteiger partial charge on any atom is 0.225 e. The van der Waals surface area contributed by atoms with Crippen LogP contribution < -0.4 is 10.6 Å². The standard InChI is InChI=1S/C25H21FN6/c1-17(18-10-4-2-5-11-18)28-24-27-16-22-23(31-24)32(19-12-6-3-7-13-19)25(30-22)29-21-15-9-8-14-20(21)26/h2-17H,1H3,(H,29,30)(H,27,28,31). The lowest BCUT2D eigenvalue weighted by Crippen LogP contribution is -2.10. The molecule has 3 aromatic carbocycles. The fourth-order valence-corrected chi connectivity index (χ4v) is 3.55. The molecule has 2 N–H and O–H groups in total. The van der Waals surface area contributed by atoms with Crippen LogP contribution in [0.4, 0.5) is 22.0 Å². The van der Waals surface area contributed by atoms with Gasteiger partial charge in [-0.1, -0.05) is 60.7 Å². The molecule has 0 bridgehead atoms. The van der Waals surface area contributed by atoms with Crippen LogP contribution in [0.3, 0.4) is 0 Å². The number of halogens is 1. The monoisotopic (exact) mass is 424 g/mol. The van der Waals surface area contributed by atoms with Crippen LogP contribution in [0.25, 0.3) is 16.9 Å². The lowest BCUT2D eigenvalue weighted by atomic mass is 10.1. The van der Waals surface area contributed by atoms with E-state index >= 15 is 0 Å². The van der Waals surface area contributed by atoms with Gasteiger partial charge in [-0.05, 0) is 36.8 Å². The van der Waals surface area contributed by atoms with Gasteiger partial charge in [-0.15, -0.1) is 0 Å². The van der Waals surface area contributed by atoms with Crippen molar-refractivity contribution in [3.63, 3.8) is 0 Å². The number of anilines is 3. The van der Waals surface area contributed by atoms with E-state index in [1.54, 1.807) is 24.4 Å². The van der Waals surface area contributed by atoms with Gasteiger partial charge in [-0.2, -0.15) is 4.98 Å². The molecule has 158 valence electrons. The van der Waals surface area contributed by atoms with Crippen molar-refractivity contribution in [1.29, 1.82) is 0 Å². The maximum absolute atomic E-state index is 14.3. The largest absolute Gasteiger partial charge is 0.348 e. The van der Waals surface area contributed by atoms with Gasteiger partial charge < -0.3 is 10.6 Å². The molecule has 0 fully saturated rings. The second kappa shape index (κ2) is 8.47. The SMILES string of the molecule is CC(Nc1ncc2nc(Nc3ccccc3F)n(-c3ccccc3)c2n1)c1ccccc1. The van der Waals surface area contributed by atoms with Gasteiger partial charge in [0.1, 0.15) is 11.3 Å². The predicted molar refractivity (Wildman–Crippen MR) is 125 cm³/mol.